The number of aromatic nitrogens is 3. The van der Waals surface area contributed by atoms with Crippen molar-refractivity contribution in [3.63, 3.8) is 0 Å². The molecule has 1 aliphatic heterocycles. The van der Waals surface area contributed by atoms with Gasteiger partial charge in [0.1, 0.15) is 0 Å². The predicted molar refractivity (Wildman–Crippen MR) is 75.0 cm³/mol. The van der Waals surface area contributed by atoms with E-state index in [1.54, 1.807) is 0 Å². The Kier molecular flexibility index (Phi) is 4.91. The van der Waals surface area contributed by atoms with Gasteiger partial charge in [-0.3, -0.25) is 4.79 Å². The third-order valence-electron chi connectivity index (χ3n) is 2.86. The molecule has 0 aromatic carbocycles. The molecule has 20 heavy (non-hydrogen) atoms. The van der Waals surface area contributed by atoms with Crippen molar-refractivity contribution in [2.75, 3.05) is 43.5 Å². The fraction of sp³-hybridized carbons (Fsp3) is 0.667. The summed E-state index contributed by atoms with van der Waals surface area (Å²) in [6, 6.07) is 0.248. The van der Waals surface area contributed by atoms with Crippen LogP contribution in [-0.4, -0.2) is 54.1 Å². The number of rotatable bonds is 5. The molecule has 2 heterocycles. The van der Waals surface area contributed by atoms with Crippen LogP contribution in [-0.2, 0) is 4.79 Å². The molecule has 0 spiro atoms. The van der Waals surface area contributed by atoms with Crippen LogP contribution in [0.5, 0.6) is 6.01 Å². The third-order valence-corrected chi connectivity index (χ3v) is 2.86. The van der Waals surface area contributed by atoms with Crippen LogP contribution in [0.2, 0.25) is 0 Å². The summed E-state index contributed by atoms with van der Waals surface area (Å²) in [5, 5.41) is 5.93. The highest BCUT2D eigenvalue weighted by Gasteiger charge is 2.19. The number of hydrogen-bond acceptors (Lipinski definition) is 7. The second kappa shape index (κ2) is 6.88. The number of carbonyl (C=O) groups excluding carboxylic acids is 1. The summed E-state index contributed by atoms with van der Waals surface area (Å²) in [7, 11) is 1.51. The fourth-order valence-corrected chi connectivity index (χ4v) is 1.87. The molecule has 1 aromatic rings. The van der Waals surface area contributed by atoms with Crippen LogP contribution < -0.4 is 20.3 Å². The lowest BCUT2D eigenvalue weighted by atomic mass is 10.4. The summed E-state index contributed by atoms with van der Waals surface area (Å²) < 4.78 is 5.09. The molecule has 0 atom stereocenters. The quantitative estimate of drug-likeness (QED) is 0.786. The van der Waals surface area contributed by atoms with E-state index in [0.717, 1.165) is 25.9 Å². The number of carbonyl (C=O) groups is 1. The van der Waals surface area contributed by atoms with Crippen LogP contribution in [0, 0.1) is 0 Å². The van der Waals surface area contributed by atoms with Crippen LogP contribution in [0.25, 0.3) is 0 Å². The molecule has 1 aliphatic rings. The second-order valence-corrected chi connectivity index (χ2v) is 4.50. The van der Waals surface area contributed by atoms with E-state index in [-0.39, 0.29) is 18.5 Å². The van der Waals surface area contributed by atoms with E-state index < -0.39 is 0 Å². The van der Waals surface area contributed by atoms with Crippen molar-refractivity contribution in [1.82, 2.24) is 20.3 Å². The molecule has 2 N–H and O–H groups in total. The summed E-state index contributed by atoms with van der Waals surface area (Å²) in [5.74, 6) is 0.913. The van der Waals surface area contributed by atoms with E-state index in [0.29, 0.717) is 18.4 Å². The normalized spacial score (nSPS) is 15.5. The van der Waals surface area contributed by atoms with Crippen LogP contribution in [0.3, 0.4) is 0 Å². The van der Waals surface area contributed by atoms with Crippen molar-refractivity contribution in [2.45, 2.75) is 19.8 Å². The zero-order valence-corrected chi connectivity index (χ0v) is 11.8. The van der Waals surface area contributed by atoms with E-state index in [2.05, 4.69) is 32.5 Å². The largest absolute Gasteiger partial charge is 0.467 e. The summed E-state index contributed by atoms with van der Waals surface area (Å²) >= 11 is 0. The lowest BCUT2D eigenvalue weighted by Gasteiger charge is -2.19. The highest BCUT2D eigenvalue weighted by atomic mass is 16.5. The van der Waals surface area contributed by atoms with E-state index in [9.17, 15) is 4.79 Å². The lowest BCUT2D eigenvalue weighted by molar-refractivity contribution is -0.119. The van der Waals surface area contributed by atoms with Gasteiger partial charge < -0.3 is 20.3 Å². The first-order chi connectivity index (χ1) is 9.72. The molecule has 8 nitrogen and oxygen atoms in total. The molecule has 8 heteroatoms. The number of hydrogen-bond donors (Lipinski definition) is 2. The molecule has 1 fully saturated rings. The lowest BCUT2D eigenvalue weighted by Crippen LogP contribution is -2.34. The minimum Gasteiger partial charge on any atom is -0.467 e. The summed E-state index contributed by atoms with van der Waals surface area (Å²) in [6.07, 6.45) is 1.83. The van der Waals surface area contributed by atoms with Crippen molar-refractivity contribution >= 4 is 17.8 Å². The molecule has 2 rings (SSSR count). The number of amides is 1. The SMILES string of the molecule is CCCNc1nc(OC)nc(N2CCCNC(=O)C2)n1. The maximum Gasteiger partial charge on any atom is 0.322 e. The summed E-state index contributed by atoms with van der Waals surface area (Å²) in [6.45, 7) is 4.48. The van der Waals surface area contributed by atoms with E-state index >= 15 is 0 Å². The van der Waals surface area contributed by atoms with E-state index in [1.165, 1.54) is 7.11 Å². The Morgan fingerprint density at radius 3 is 3.00 bits per heavy atom. The van der Waals surface area contributed by atoms with Gasteiger partial charge in [-0.05, 0) is 12.8 Å². The molecule has 1 saturated heterocycles. The van der Waals surface area contributed by atoms with Gasteiger partial charge in [0, 0.05) is 19.6 Å². The molecule has 110 valence electrons. The molecular formula is C12H20N6O2. The van der Waals surface area contributed by atoms with Crippen LogP contribution >= 0.6 is 0 Å². The average Bonchev–Trinajstić information content (AvgIpc) is 2.69. The molecule has 1 amide bonds. The molecular weight excluding hydrogens is 260 g/mol. The molecule has 0 unspecified atom stereocenters. The summed E-state index contributed by atoms with van der Waals surface area (Å²) in [5.41, 5.74) is 0. The van der Waals surface area contributed by atoms with Gasteiger partial charge in [-0.2, -0.15) is 15.0 Å². The Morgan fingerprint density at radius 1 is 1.40 bits per heavy atom. The minimum atomic E-state index is -0.0232. The van der Waals surface area contributed by atoms with Gasteiger partial charge in [0.15, 0.2) is 0 Å². The third kappa shape index (κ3) is 3.69. The van der Waals surface area contributed by atoms with Gasteiger partial charge in [0.05, 0.1) is 13.7 Å². The molecule has 0 bridgehead atoms. The first-order valence-corrected chi connectivity index (χ1v) is 6.78. The van der Waals surface area contributed by atoms with Gasteiger partial charge in [0.25, 0.3) is 0 Å². The number of nitrogens with zero attached hydrogens (tertiary/aromatic N) is 4. The molecule has 0 aliphatic carbocycles. The van der Waals surface area contributed by atoms with Crippen LogP contribution in [0.4, 0.5) is 11.9 Å². The maximum atomic E-state index is 11.6. The molecule has 0 saturated carbocycles. The first-order valence-electron chi connectivity index (χ1n) is 6.78. The number of anilines is 2. The second-order valence-electron chi connectivity index (χ2n) is 4.50. The maximum absolute atomic E-state index is 11.6. The summed E-state index contributed by atoms with van der Waals surface area (Å²) in [4.78, 5) is 26.2. The Bertz CT molecular complexity index is 467. The van der Waals surface area contributed by atoms with Crippen molar-refractivity contribution < 1.29 is 9.53 Å². The van der Waals surface area contributed by atoms with Crippen LogP contribution in [0.1, 0.15) is 19.8 Å². The van der Waals surface area contributed by atoms with Gasteiger partial charge in [-0.15, -0.1) is 0 Å². The van der Waals surface area contributed by atoms with Crippen molar-refractivity contribution in [3.05, 3.63) is 0 Å². The smallest absolute Gasteiger partial charge is 0.322 e. The minimum absolute atomic E-state index is 0.0232. The zero-order chi connectivity index (χ0) is 14.4. The van der Waals surface area contributed by atoms with E-state index in [4.69, 9.17) is 4.74 Å². The molecule has 1 aromatic heterocycles. The van der Waals surface area contributed by atoms with Gasteiger partial charge in [-0.1, -0.05) is 6.92 Å². The first kappa shape index (κ1) is 14.3. The van der Waals surface area contributed by atoms with E-state index in [1.807, 2.05) is 4.90 Å². The standard InChI is InChI=1S/C12H20N6O2/c1-3-5-14-10-15-11(17-12(16-10)20-2)18-7-4-6-13-9(19)8-18/h3-8H2,1-2H3,(H,13,19)(H,14,15,16,17). The van der Waals surface area contributed by atoms with Crippen molar-refractivity contribution in [2.24, 2.45) is 0 Å². The molecule has 0 radical (unpaired) electrons. The zero-order valence-electron chi connectivity index (χ0n) is 11.8. The van der Waals surface area contributed by atoms with Crippen molar-refractivity contribution in [3.8, 4) is 6.01 Å². The number of nitrogens with one attached hydrogen (secondary N) is 2. The predicted octanol–water partition coefficient (Wildman–Crippen LogP) is 0.0284. The Labute approximate surface area is 118 Å². The number of methoxy groups -OCH3 is 1. The Morgan fingerprint density at radius 2 is 2.25 bits per heavy atom. The van der Waals surface area contributed by atoms with Crippen LogP contribution in [0.15, 0.2) is 0 Å². The van der Waals surface area contributed by atoms with Gasteiger partial charge in [-0.25, -0.2) is 0 Å². The Balaban J connectivity index is 2.21. The topological polar surface area (TPSA) is 92.3 Å². The van der Waals surface area contributed by atoms with Gasteiger partial charge in [0.2, 0.25) is 17.8 Å². The van der Waals surface area contributed by atoms with Crippen molar-refractivity contribution in [1.29, 1.82) is 0 Å². The fourth-order valence-electron chi connectivity index (χ4n) is 1.87. The average molecular weight is 280 g/mol. The van der Waals surface area contributed by atoms with Gasteiger partial charge >= 0.3 is 6.01 Å². The Hall–Kier alpha value is -2.12. The number of ether oxygens (including phenoxy) is 1. The highest BCUT2D eigenvalue weighted by molar-refractivity contribution is 5.81. The monoisotopic (exact) mass is 280 g/mol. The highest BCUT2D eigenvalue weighted by Crippen LogP contribution is 2.15.